The second kappa shape index (κ2) is 6.38. The van der Waals surface area contributed by atoms with Crippen LogP contribution in [0.1, 0.15) is 34.1 Å². The second-order valence-corrected chi connectivity index (χ2v) is 5.30. The maximum atomic E-state index is 11.7. The number of aromatic hydroxyl groups is 2. The monoisotopic (exact) mass is 301 g/mol. The third kappa shape index (κ3) is 4.59. The zero-order valence-corrected chi connectivity index (χ0v) is 12.3. The highest BCUT2D eigenvalue weighted by Gasteiger charge is 2.28. The van der Waals surface area contributed by atoms with Crippen LogP contribution in [0.4, 0.5) is 4.79 Å². The van der Waals surface area contributed by atoms with E-state index in [9.17, 15) is 19.8 Å². The highest BCUT2D eigenvalue weighted by atomic mass is 16.9. The second-order valence-electron chi connectivity index (χ2n) is 5.30. The van der Waals surface area contributed by atoms with Gasteiger partial charge in [0.1, 0.15) is 0 Å². The van der Waals surface area contributed by atoms with Crippen molar-refractivity contribution in [1.29, 1.82) is 0 Å². The molecule has 118 valence electrons. The van der Waals surface area contributed by atoms with E-state index in [4.69, 9.17) is 9.47 Å². The van der Waals surface area contributed by atoms with Crippen LogP contribution in [0.3, 0.4) is 0 Å². The molecule has 1 rings (SSSR count). The number of esters is 1. The first-order chi connectivity index (χ1) is 9.65. The Kier molecular flexibility index (Phi) is 5.07. The third-order valence-corrected chi connectivity index (χ3v) is 2.38. The van der Waals surface area contributed by atoms with E-state index in [1.807, 2.05) is 0 Å². The normalized spacial score (nSPS) is 12.6. The Morgan fingerprint density at radius 2 is 1.71 bits per heavy atom. The Labute approximate surface area is 121 Å². The first-order valence-electron chi connectivity index (χ1n) is 6.35. The molecule has 0 spiro atoms. The molecule has 1 aromatic heterocycles. The number of rotatable bonds is 4. The minimum atomic E-state index is -1.23. The summed E-state index contributed by atoms with van der Waals surface area (Å²) in [6.45, 7) is 6.64. The fraction of sp³-hybridized carbons (Fsp3) is 0.538. The summed E-state index contributed by atoms with van der Waals surface area (Å²) >= 11 is 0. The Bertz CT molecular complexity index is 496. The number of nitrogens with zero attached hydrogens (tertiary/aromatic N) is 1. The summed E-state index contributed by atoms with van der Waals surface area (Å²) < 4.78 is 10.3. The van der Waals surface area contributed by atoms with Crippen molar-refractivity contribution in [2.45, 2.75) is 40.4 Å². The number of carbonyl (C=O) groups excluding carboxylic acids is 2. The number of carbonyl (C=O) groups is 2. The third-order valence-electron chi connectivity index (χ3n) is 2.38. The quantitative estimate of drug-likeness (QED) is 0.644. The lowest BCUT2D eigenvalue weighted by Gasteiger charge is -2.22. The molecule has 8 heteroatoms. The van der Waals surface area contributed by atoms with Crippen molar-refractivity contribution in [3.63, 3.8) is 0 Å². The average Bonchev–Trinajstić information content (AvgIpc) is 2.68. The van der Waals surface area contributed by atoms with E-state index in [0.29, 0.717) is 4.73 Å². The molecular weight excluding hydrogens is 282 g/mol. The van der Waals surface area contributed by atoms with Gasteiger partial charge < -0.3 is 19.7 Å². The van der Waals surface area contributed by atoms with E-state index < -0.39 is 35.6 Å². The fourth-order valence-electron chi connectivity index (χ4n) is 1.19. The summed E-state index contributed by atoms with van der Waals surface area (Å²) in [6.07, 6.45) is -2.13. The van der Waals surface area contributed by atoms with Crippen LogP contribution in [0.15, 0.2) is 12.1 Å². The summed E-state index contributed by atoms with van der Waals surface area (Å²) in [4.78, 5) is 27.8. The molecule has 8 nitrogen and oxygen atoms in total. The van der Waals surface area contributed by atoms with Crippen molar-refractivity contribution >= 4 is 12.1 Å². The molecule has 0 saturated carbocycles. The highest BCUT2D eigenvalue weighted by molar-refractivity contribution is 5.75. The minimum absolute atomic E-state index is 0.223. The molecule has 0 bridgehead atoms. The van der Waals surface area contributed by atoms with Crippen molar-refractivity contribution in [2.24, 2.45) is 5.41 Å². The van der Waals surface area contributed by atoms with Crippen LogP contribution in [0, 0.1) is 5.41 Å². The van der Waals surface area contributed by atoms with Crippen LogP contribution in [-0.2, 0) is 14.3 Å². The Hall–Kier alpha value is -2.38. The lowest BCUT2D eigenvalue weighted by Crippen LogP contribution is -2.32. The molecule has 21 heavy (non-hydrogen) atoms. The number of aromatic nitrogens is 1. The van der Waals surface area contributed by atoms with Crippen LogP contribution < -0.4 is 4.84 Å². The summed E-state index contributed by atoms with van der Waals surface area (Å²) in [5, 5.41) is 18.6. The first-order valence-corrected chi connectivity index (χ1v) is 6.35. The predicted octanol–water partition coefficient (Wildman–Crippen LogP) is 1.79. The van der Waals surface area contributed by atoms with E-state index in [-0.39, 0.29) is 6.42 Å². The zero-order chi connectivity index (χ0) is 16.2. The van der Waals surface area contributed by atoms with E-state index in [1.54, 1.807) is 27.7 Å². The molecule has 0 amide bonds. The summed E-state index contributed by atoms with van der Waals surface area (Å²) in [7, 11) is 0. The molecule has 0 aliphatic carbocycles. The van der Waals surface area contributed by atoms with Crippen LogP contribution in [0.2, 0.25) is 0 Å². The number of ether oxygens (including phenoxy) is 2. The summed E-state index contributed by atoms with van der Waals surface area (Å²) in [6, 6.07) is 2.25. The fourth-order valence-corrected chi connectivity index (χ4v) is 1.19. The Balaban J connectivity index is 2.61. The molecule has 0 saturated heterocycles. The standard InChI is InChI=1S/C13H19NO7/c1-5-10(19-11(17)13(2,3)4)20-12(18)21-14-8(15)6-7-9(14)16/h6-7,10,15-16H,5H2,1-4H3. The van der Waals surface area contributed by atoms with Crippen LogP contribution in [0.25, 0.3) is 0 Å². The lowest BCUT2D eigenvalue weighted by molar-refractivity contribution is -0.181. The van der Waals surface area contributed by atoms with Gasteiger partial charge in [0.15, 0.2) is 0 Å². The van der Waals surface area contributed by atoms with E-state index >= 15 is 0 Å². The van der Waals surface area contributed by atoms with Gasteiger partial charge in [0.2, 0.25) is 11.8 Å². The molecule has 0 aliphatic heterocycles. The van der Waals surface area contributed by atoms with Crippen molar-refractivity contribution < 1.29 is 34.1 Å². The Morgan fingerprint density at radius 3 is 2.14 bits per heavy atom. The SMILES string of the molecule is CCC(OC(=O)On1c(O)ccc1O)OC(=O)C(C)(C)C. The summed E-state index contributed by atoms with van der Waals surface area (Å²) in [5.74, 6) is -1.50. The van der Waals surface area contributed by atoms with E-state index in [0.717, 1.165) is 12.1 Å². The molecule has 1 atom stereocenters. The van der Waals surface area contributed by atoms with Gasteiger partial charge in [-0.3, -0.25) is 9.63 Å². The number of hydrogen-bond donors (Lipinski definition) is 2. The maximum absolute atomic E-state index is 11.7. The van der Waals surface area contributed by atoms with Crippen molar-refractivity contribution in [3.05, 3.63) is 12.1 Å². The minimum Gasteiger partial charge on any atom is -0.492 e. The van der Waals surface area contributed by atoms with E-state index in [2.05, 4.69) is 4.84 Å². The molecule has 0 fully saturated rings. The van der Waals surface area contributed by atoms with Gasteiger partial charge in [-0.2, -0.15) is 0 Å². The molecule has 0 radical (unpaired) electrons. The molecular formula is C13H19NO7. The van der Waals surface area contributed by atoms with Crippen LogP contribution >= 0.6 is 0 Å². The first kappa shape index (κ1) is 16.7. The predicted molar refractivity (Wildman–Crippen MR) is 70.4 cm³/mol. The van der Waals surface area contributed by atoms with Crippen LogP contribution in [-0.4, -0.2) is 33.4 Å². The molecule has 1 unspecified atom stereocenters. The van der Waals surface area contributed by atoms with Gasteiger partial charge in [0.25, 0.3) is 6.29 Å². The molecule has 2 N–H and O–H groups in total. The smallest absolute Gasteiger partial charge is 0.492 e. The van der Waals surface area contributed by atoms with Crippen LogP contribution in [0.5, 0.6) is 11.8 Å². The van der Waals surface area contributed by atoms with Gasteiger partial charge >= 0.3 is 12.1 Å². The van der Waals surface area contributed by atoms with Gasteiger partial charge in [0, 0.05) is 18.6 Å². The molecule has 0 aromatic carbocycles. The lowest BCUT2D eigenvalue weighted by atomic mass is 9.97. The van der Waals surface area contributed by atoms with Gasteiger partial charge in [0.05, 0.1) is 5.41 Å². The van der Waals surface area contributed by atoms with E-state index in [1.165, 1.54) is 0 Å². The molecule has 1 aromatic rings. The zero-order valence-electron chi connectivity index (χ0n) is 12.3. The topological polar surface area (TPSA) is 107 Å². The molecule has 0 aliphatic rings. The summed E-state index contributed by atoms with van der Waals surface area (Å²) in [5.41, 5.74) is -0.738. The maximum Gasteiger partial charge on any atom is 0.537 e. The molecule has 1 heterocycles. The average molecular weight is 301 g/mol. The highest BCUT2D eigenvalue weighted by Crippen LogP contribution is 2.20. The van der Waals surface area contributed by atoms with Gasteiger partial charge in [-0.1, -0.05) is 6.92 Å². The Morgan fingerprint density at radius 1 is 1.19 bits per heavy atom. The van der Waals surface area contributed by atoms with Crippen molar-refractivity contribution in [3.8, 4) is 11.8 Å². The largest absolute Gasteiger partial charge is 0.537 e. The van der Waals surface area contributed by atoms with Gasteiger partial charge in [-0.15, -0.1) is 4.73 Å². The number of hydrogen-bond acceptors (Lipinski definition) is 7. The van der Waals surface area contributed by atoms with Crippen molar-refractivity contribution in [1.82, 2.24) is 4.73 Å². The van der Waals surface area contributed by atoms with Gasteiger partial charge in [-0.25, -0.2) is 4.79 Å². The van der Waals surface area contributed by atoms with Crippen molar-refractivity contribution in [2.75, 3.05) is 0 Å². The van der Waals surface area contributed by atoms with Gasteiger partial charge in [-0.05, 0) is 20.8 Å².